The minimum Gasteiger partial charge on any atom is -0.443 e. The number of ether oxygens (including phenoxy) is 5. The van der Waals surface area contributed by atoms with Crippen molar-refractivity contribution in [3.8, 4) is 0 Å². The number of carbonyl (C=O) groups is 2. The highest BCUT2D eigenvalue weighted by Crippen LogP contribution is 2.44. The monoisotopic (exact) mass is 541 g/mol. The first kappa shape index (κ1) is 27.5. The lowest BCUT2D eigenvalue weighted by atomic mass is 10.1. The molecule has 2 aromatic heterocycles. The normalized spacial score (nSPS) is 25.2. The van der Waals surface area contributed by atoms with E-state index in [0.717, 1.165) is 0 Å². The van der Waals surface area contributed by atoms with Crippen LogP contribution in [0.25, 0.3) is 11.2 Å². The summed E-state index contributed by atoms with van der Waals surface area (Å²) in [5, 5.41) is 9.57. The number of aromatic nitrogens is 4. The average Bonchev–Trinajstić information content (AvgIpc) is 3.35. The van der Waals surface area contributed by atoms with Crippen LogP contribution in [0.3, 0.4) is 0 Å². The summed E-state index contributed by atoms with van der Waals surface area (Å²) < 4.78 is 30.4. The maximum atomic E-state index is 13.2. The number of hydrogen-bond donors (Lipinski definition) is 1. The van der Waals surface area contributed by atoms with Crippen molar-refractivity contribution < 1.29 is 38.4 Å². The van der Waals surface area contributed by atoms with Crippen LogP contribution in [0.5, 0.6) is 0 Å². The van der Waals surface area contributed by atoms with E-state index >= 15 is 0 Å². The minimum absolute atomic E-state index is 0.0619. The van der Waals surface area contributed by atoms with Crippen LogP contribution in [0.15, 0.2) is 6.33 Å². The standard InChI is InChI=1S/C23H32ClN5O8/c1-21(2,3)36-19(31)29(20(32)37-22(4,5)6)16-12-15(26-18(24)27-16)28(10-25-12)17-14-13(11(9-30)33-17)34-23(7,8)35-14/h10-11,13-14,17,30H,9H2,1-8H3/t11-,13-,14-,17-/m1/s1. The van der Waals surface area contributed by atoms with Gasteiger partial charge in [-0.3, -0.25) is 4.57 Å². The van der Waals surface area contributed by atoms with Crippen LogP contribution in [0.1, 0.15) is 61.6 Å². The van der Waals surface area contributed by atoms with E-state index in [1.165, 1.54) is 10.9 Å². The summed E-state index contributed by atoms with van der Waals surface area (Å²) in [6, 6.07) is 0. The van der Waals surface area contributed by atoms with E-state index in [4.69, 9.17) is 35.3 Å². The highest BCUT2D eigenvalue weighted by Gasteiger charge is 2.56. The predicted molar refractivity (Wildman–Crippen MR) is 130 cm³/mol. The predicted octanol–water partition coefficient (Wildman–Crippen LogP) is 3.57. The lowest BCUT2D eigenvalue weighted by molar-refractivity contribution is -0.199. The quantitative estimate of drug-likeness (QED) is 0.568. The van der Waals surface area contributed by atoms with Crippen LogP contribution in [0.4, 0.5) is 15.4 Å². The van der Waals surface area contributed by atoms with Crippen molar-refractivity contribution in [1.29, 1.82) is 0 Å². The highest BCUT2D eigenvalue weighted by atomic mass is 35.5. The second-order valence-corrected chi connectivity index (χ2v) is 11.6. The maximum Gasteiger partial charge on any atom is 0.425 e. The number of rotatable bonds is 3. The Morgan fingerprint density at radius 2 is 1.65 bits per heavy atom. The van der Waals surface area contributed by atoms with Gasteiger partial charge < -0.3 is 28.8 Å². The third kappa shape index (κ3) is 5.65. The van der Waals surface area contributed by atoms with Crippen molar-refractivity contribution in [2.75, 3.05) is 11.5 Å². The Bertz CT molecular complexity index is 1180. The van der Waals surface area contributed by atoms with Gasteiger partial charge in [0.25, 0.3) is 0 Å². The van der Waals surface area contributed by atoms with Crippen LogP contribution in [0, 0.1) is 0 Å². The number of nitrogens with zero attached hydrogens (tertiary/aromatic N) is 5. The number of aliphatic hydroxyl groups is 1. The van der Waals surface area contributed by atoms with E-state index in [9.17, 15) is 14.7 Å². The summed E-state index contributed by atoms with van der Waals surface area (Å²) in [6.45, 7) is 13.2. The maximum absolute atomic E-state index is 13.2. The molecular formula is C23H32ClN5O8. The molecule has 0 aromatic carbocycles. The van der Waals surface area contributed by atoms with Crippen molar-refractivity contribution in [3.63, 3.8) is 0 Å². The Kier molecular flexibility index (Phi) is 6.91. The molecule has 0 saturated carbocycles. The van der Waals surface area contributed by atoms with E-state index in [1.54, 1.807) is 55.4 Å². The first-order chi connectivity index (χ1) is 17.0. The Hall–Kier alpha value is -2.58. The van der Waals surface area contributed by atoms with Crippen LogP contribution in [0.2, 0.25) is 5.28 Å². The number of halogens is 1. The molecule has 4 heterocycles. The summed E-state index contributed by atoms with van der Waals surface area (Å²) in [7, 11) is 0. The molecule has 2 aliphatic rings. The third-order valence-corrected chi connectivity index (χ3v) is 5.49. The average molecular weight is 542 g/mol. The third-order valence-electron chi connectivity index (χ3n) is 5.32. The number of aliphatic hydroxyl groups excluding tert-OH is 1. The molecule has 2 aromatic rings. The van der Waals surface area contributed by atoms with Gasteiger partial charge in [-0.05, 0) is 67.0 Å². The summed E-state index contributed by atoms with van der Waals surface area (Å²) in [4.78, 5) is 39.8. The SMILES string of the molecule is CC(C)(C)OC(=O)N(C(=O)OC(C)(C)C)c1nc(Cl)nc2c1ncn2[C@@H]1O[C@H](CO)[C@H]2OC(C)(C)O[C@H]21. The molecule has 4 atom stereocenters. The molecule has 2 aliphatic heterocycles. The van der Waals surface area contributed by atoms with Crippen molar-refractivity contribution in [3.05, 3.63) is 11.6 Å². The summed E-state index contributed by atoms with van der Waals surface area (Å²) in [6.07, 6.45) is -3.26. The van der Waals surface area contributed by atoms with Crippen LogP contribution >= 0.6 is 11.6 Å². The second-order valence-electron chi connectivity index (χ2n) is 11.2. The van der Waals surface area contributed by atoms with Crippen molar-refractivity contribution in [2.24, 2.45) is 0 Å². The number of amides is 2. The zero-order valence-electron chi connectivity index (χ0n) is 22.0. The Morgan fingerprint density at radius 1 is 1.08 bits per heavy atom. The van der Waals surface area contributed by atoms with Crippen LogP contribution in [-0.2, 0) is 23.7 Å². The Labute approximate surface area is 218 Å². The topological polar surface area (TPSA) is 147 Å². The van der Waals surface area contributed by atoms with Gasteiger partial charge in [-0.1, -0.05) is 0 Å². The molecule has 13 nitrogen and oxygen atoms in total. The molecular weight excluding hydrogens is 510 g/mol. The van der Waals surface area contributed by atoms with Gasteiger partial charge in [-0.15, -0.1) is 0 Å². The number of carbonyl (C=O) groups excluding carboxylic acids is 2. The van der Waals surface area contributed by atoms with Gasteiger partial charge in [0, 0.05) is 0 Å². The minimum atomic E-state index is -1.03. The van der Waals surface area contributed by atoms with Gasteiger partial charge in [0.05, 0.1) is 12.9 Å². The summed E-state index contributed by atoms with van der Waals surface area (Å²) in [5.74, 6) is -1.13. The zero-order valence-corrected chi connectivity index (χ0v) is 22.8. The van der Waals surface area contributed by atoms with Crippen molar-refractivity contribution >= 4 is 40.8 Å². The van der Waals surface area contributed by atoms with Gasteiger partial charge >= 0.3 is 12.2 Å². The number of imide groups is 1. The lowest BCUT2D eigenvalue weighted by Crippen LogP contribution is -2.44. The smallest absolute Gasteiger partial charge is 0.425 e. The molecule has 2 saturated heterocycles. The van der Waals surface area contributed by atoms with Crippen molar-refractivity contribution in [2.45, 2.75) is 96.9 Å². The van der Waals surface area contributed by atoms with Gasteiger partial charge in [0.1, 0.15) is 29.5 Å². The molecule has 37 heavy (non-hydrogen) atoms. The first-order valence-electron chi connectivity index (χ1n) is 11.8. The molecule has 0 bridgehead atoms. The first-order valence-corrected chi connectivity index (χ1v) is 12.2. The molecule has 1 N–H and O–H groups in total. The fourth-order valence-electron chi connectivity index (χ4n) is 4.11. The molecule has 0 aliphatic carbocycles. The summed E-state index contributed by atoms with van der Waals surface area (Å²) >= 11 is 6.26. The Balaban J connectivity index is 1.81. The fraction of sp³-hybridized carbons (Fsp3) is 0.696. The molecule has 0 spiro atoms. The molecule has 2 fully saturated rings. The molecule has 0 unspecified atom stereocenters. The molecule has 2 amide bonds. The number of anilines is 1. The van der Waals surface area contributed by atoms with E-state index in [2.05, 4.69) is 15.0 Å². The van der Waals surface area contributed by atoms with E-state index in [1.807, 2.05) is 0 Å². The lowest BCUT2D eigenvalue weighted by Gasteiger charge is -2.28. The molecule has 204 valence electrons. The second kappa shape index (κ2) is 9.31. The largest absolute Gasteiger partial charge is 0.443 e. The number of imidazole rings is 1. The number of fused-ring (bicyclic) bond motifs is 2. The van der Waals surface area contributed by atoms with Gasteiger partial charge in [0.2, 0.25) is 5.28 Å². The fourth-order valence-corrected chi connectivity index (χ4v) is 4.27. The number of hydrogen-bond acceptors (Lipinski definition) is 11. The van der Waals surface area contributed by atoms with E-state index < -0.39 is 53.7 Å². The Morgan fingerprint density at radius 3 is 2.19 bits per heavy atom. The molecule has 14 heteroatoms. The van der Waals surface area contributed by atoms with Gasteiger partial charge in [0.15, 0.2) is 29.0 Å². The zero-order chi connectivity index (χ0) is 27.5. The van der Waals surface area contributed by atoms with Gasteiger partial charge in [-0.25, -0.2) is 14.6 Å². The van der Waals surface area contributed by atoms with Crippen LogP contribution in [-0.4, -0.2) is 78.7 Å². The van der Waals surface area contributed by atoms with E-state index in [-0.39, 0.29) is 28.9 Å². The molecule has 4 rings (SSSR count). The molecule has 0 radical (unpaired) electrons. The van der Waals surface area contributed by atoms with Gasteiger partial charge in [-0.2, -0.15) is 14.9 Å². The van der Waals surface area contributed by atoms with Crippen molar-refractivity contribution in [1.82, 2.24) is 19.5 Å². The van der Waals surface area contributed by atoms with Crippen LogP contribution < -0.4 is 4.90 Å². The van der Waals surface area contributed by atoms with E-state index in [0.29, 0.717) is 4.90 Å². The summed E-state index contributed by atoms with van der Waals surface area (Å²) in [5.41, 5.74) is -1.63. The highest BCUT2D eigenvalue weighted by molar-refractivity contribution is 6.29.